The van der Waals surface area contributed by atoms with E-state index in [1.165, 1.54) is 135 Å². The second kappa shape index (κ2) is 51.0. The summed E-state index contributed by atoms with van der Waals surface area (Å²) in [5.74, 6) is -0.429. The zero-order valence-corrected chi connectivity index (χ0v) is 40.0. The molecular weight excluding hydrogens is 741 g/mol. The molecule has 0 radical (unpaired) electrons. The molecule has 0 aliphatic carbocycles. The Labute approximate surface area is 373 Å². The molecule has 0 aliphatic heterocycles. The molecule has 0 aromatic rings. The Kier molecular flexibility index (Phi) is 48.9. The number of rotatable bonds is 47. The van der Waals surface area contributed by atoms with Gasteiger partial charge in [-0.15, -0.1) is 0 Å². The fourth-order valence-electron chi connectivity index (χ4n) is 7.24. The Morgan fingerprint density at radius 3 is 1.20 bits per heavy atom. The third-order valence-electron chi connectivity index (χ3n) is 11.1. The molecule has 5 nitrogen and oxygen atoms in total. The van der Waals surface area contributed by atoms with Crippen LogP contribution in [0.5, 0.6) is 0 Å². The molecule has 0 heterocycles. The summed E-state index contributed by atoms with van der Waals surface area (Å²) in [6.45, 7) is 7.67. The first-order chi connectivity index (χ1) is 29.6. The summed E-state index contributed by atoms with van der Waals surface area (Å²) >= 11 is 0. The van der Waals surface area contributed by atoms with Gasteiger partial charge in [-0.25, -0.2) is 0 Å². The second-order valence-corrected chi connectivity index (χ2v) is 17.1. The van der Waals surface area contributed by atoms with Crippen LogP contribution in [0.15, 0.2) is 60.8 Å². The lowest BCUT2D eigenvalue weighted by molar-refractivity contribution is -0.163. The van der Waals surface area contributed by atoms with E-state index in [4.69, 9.17) is 14.2 Å². The first-order valence-electron chi connectivity index (χ1n) is 25.8. The van der Waals surface area contributed by atoms with Crippen molar-refractivity contribution in [1.82, 2.24) is 0 Å². The molecule has 0 saturated carbocycles. The predicted octanol–water partition coefficient (Wildman–Crippen LogP) is 17.3. The SMILES string of the molecule is CC/C=C\C/C=C\C/C=C\C/C=C\C/C=C\CCCCCC(=O)OCC(COCCCCCCCC)OC(=O)CCCCCCCCCCCCCCCCCCCCC. The van der Waals surface area contributed by atoms with Crippen LogP contribution < -0.4 is 0 Å². The molecule has 60 heavy (non-hydrogen) atoms. The van der Waals surface area contributed by atoms with Crippen LogP contribution >= 0.6 is 0 Å². The molecule has 0 aromatic heterocycles. The van der Waals surface area contributed by atoms with E-state index in [-0.39, 0.29) is 25.2 Å². The Morgan fingerprint density at radius 1 is 0.383 bits per heavy atom. The third kappa shape index (κ3) is 48.3. The van der Waals surface area contributed by atoms with Gasteiger partial charge in [-0.1, -0.05) is 236 Å². The summed E-state index contributed by atoms with van der Waals surface area (Å²) in [4.78, 5) is 25.3. The largest absolute Gasteiger partial charge is 0.462 e. The van der Waals surface area contributed by atoms with Crippen molar-refractivity contribution < 1.29 is 23.8 Å². The Balaban J connectivity index is 4.11. The van der Waals surface area contributed by atoms with Gasteiger partial charge in [0.1, 0.15) is 6.61 Å². The summed E-state index contributed by atoms with van der Waals surface area (Å²) < 4.78 is 17.3. The van der Waals surface area contributed by atoms with Crippen molar-refractivity contribution in [2.45, 2.75) is 258 Å². The van der Waals surface area contributed by atoms with Crippen molar-refractivity contribution in [3.63, 3.8) is 0 Å². The molecule has 0 amide bonds. The van der Waals surface area contributed by atoms with Crippen LogP contribution in [0.2, 0.25) is 0 Å². The van der Waals surface area contributed by atoms with Crippen LogP contribution in [0, 0.1) is 0 Å². The molecule has 0 spiro atoms. The summed E-state index contributed by atoms with van der Waals surface area (Å²) in [7, 11) is 0. The van der Waals surface area contributed by atoms with Gasteiger partial charge in [-0.3, -0.25) is 9.59 Å². The highest BCUT2D eigenvalue weighted by molar-refractivity contribution is 5.70. The van der Waals surface area contributed by atoms with Crippen LogP contribution in [-0.4, -0.2) is 37.9 Å². The maximum atomic E-state index is 12.7. The number of esters is 2. The molecule has 348 valence electrons. The minimum Gasteiger partial charge on any atom is -0.462 e. The maximum Gasteiger partial charge on any atom is 0.306 e. The molecule has 0 N–H and O–H groups in total. The van der Waals surface area contributed by atoms with E-state index < -0.39 is 6.10 Å². The average Bonchev–Trinajstić information content (AvgIpc) is 3.25. The lowest BCUT2D eigenvalue weighted by Crippen LogP contribution is -2.30. The molecule has 0 saturated heterocycles. The number of unbranched alkanes of at least 4 members (excludes halogenated alkanes) is 26. The minimum absolute atomic E-state index is 0.0697. The van der Waals surface area contributed by atoms with E-state index in [0.717, 1.165) is 83.5 Å². The molecule has 0 aromatic carbocycles. The van der Waals surface area contributed by atoms with Crippen LogP contribution in [0.4, 0.5) is 0 Å². The van der Waals surface area contributed by atoms with Crippen molar-refractivity contribution in [2.75, 3.05) is 19.8 Å². The van der Waals surface area contributed by atoms with Gasteiger partial charge in [0.05, 0.1) is 6.61 Å². The Bertz CT molecular complexity index is 1040. The molecular formula is C55H98O5. The van der Waals surface area contributed by atoms with Gasteiger partial charge in [0, 0.05) is 19.4 Å². The standard InChI is InChI=1S/C55H98O5/c1-4-7-10-13-16-18-20-22-24-26-28-30-32-34-36-38-40-42-45-48-54(56)59-52-53(51-58-50-47-44-15-12-9-6-3)60-55(57)49-46-43-41-39-37-35-33-31-29-27-25-23-21-19-17-14-11-8-5-2/h7,10,16,18,22,24,28,30,34,36,53H,4-6,8-9,11-15,17,19-21,23,25-27,29,31-33,35,37-52H2,1-3H3/b10-7-,18-16-,24-22-,30-28-,36-34-. The van der Waals surface area contributed by atoms with E-state index in [0.29, 0.717) is 19.4 Å². The lowest BCUT2D eigenvalue weighted by Gasteiger charge is -2.18. The van der Waals surface area contributed by atoms with Gasteiger partial charge in [0.2, 0.25) is 0 Å². The van der Waals surface area contributed by atoms with Crippen LogP contribution in [0.1, 0.15) is 252 Å². The van der Waals surface area contributed by atoms with Gasteiger partial charge >= 0.3 is 11.9 Å². The minimum atomic E-state index is -0.544. The molecule has 1 unspecified atom stereocenters. The first kappa shape index (κ1) is 57.6. The zero-order valence-electron chi connectivity index (χ0n) is 40.0. The molecule has 1 atom stereocenters. The molecule has 0 aliphatic rings. The topological polar surface area (TPSA) is 61.8 Å². The van der Waals surface area contributed by atoms with E-state index in [2.05, 4.69) is 81.5 Å². The van der Waals surface area contributed by atoms with Crippen molar-refractivity contribution in [3.8, 4) is 0 Å². The smallest absolute Gasteiger partial charge is 0.306 e. The van der Waals surface area contributed by atoms with Gasteiger partial charge in [0.15, 0.2) is 6.10 Å². The van der Waals surface area contributed by atoms with Crippen molar-refractivity contribution in [1.29, 1.82) is 0 Å². The Morgan fingerprint density at radius 2 is 0.750 bits per heavy atom. The maximum absolute atomic E-state index is 12.7. The van der Waals surface area contributed by atoms with Crippen molar-refractivity contribution in [2.24, 2.45) is 0 Å². The Hall–Kier alpha value is -2.40. The highest BCUT2D eigenvalue weighted by atomic mass is 16.6. The predicted molar refractivity (Wildman–Crippen MR) is 261 cm³/mol. The number of carbonyl (C=O) groups is 2. The van der Waals surface area contributed by atoms with E-state index in [9.17, 15) is 9.59 Å². The van der Waals surface area contributed by atoms with E-state index in [1.807, 2.05) is 0 Å². The van der Waals surface area contributed by atoms with Gasteiger partial charge in [-0.05, 0) is 64.2 Å². The molecule has 0 rings (SSSR count). The first-order valence-corrected chi connectivity index (χ1v) is 25.8. The number of carbonyl (C=O) groups excluding carboxylic acids is 2. The average molecular weight is 839 g/mol. The van der Waals surface area contributed by atoms with Crippen molar-refractivity contribution in [3.05, 3.63) is 60.8 Å². The van der Waals surface area contributed by atoms with E-state index in [1.54, 1.807) is 0 Å². The second-order valence-electron chi connectivity index (χ2n) is 17.1. The number of ether oxygens (including phenoxy) is 3. The van der Waals surface area contributed by atoms with Crippen LogP contribution in [-0.2, 0) is 23.8 Å². The fourth-order valence-corrected chi connectivity index (χ4v) is 7.24. The van der Waals surface area contributed by atoms with Gasteiger partial charge < -0.3 is 14.2 Å². The van der Waals surface area contributed by atoms with Gasteiger partial charge in [0.25, 0.3) is 0 Å². The molecule has 0 bridgehead atoms. The molecule has 5 heteroatoms. The lowest BCUT2D eigenvalue weighted by atomic mass is 10.0. The summed E-state index contributed by atoms with van der Waals surface area (Å²) in [5.41, 5.74) is 0. The quantitative estimate of drug-likeness (QED) is 0.0347. The van der Waals surface area contributed by atoms with E-state index >= 15 is 0 Å². The van der Waals surface area contributed by atoms with Crippen molar-refractivity contribution >= 4 is 11.9 Å². The fraction of sp³-hybridized carbons (Fsp3) is 0.782. The normalized spacial score (nSPS) is 12.7. The molecule has 0 fully saturated rings. The third-order valence-corrected chi connectivity index (χ3v) is 11.1. The number of allylic oxidation sites excluding steroid dienone is 10. The van der Waals surface area contributed by atoms with Crippen LogP contribution in [0.25, 0.3) is 0 Å². The summed E-state index contributed by atoms with van der Waals surface area (Å²) in [6.07, 6.45) is 63.9. The highest BCUT2D eigenvalue weighted by Crippen LogP contribution is 2.16. The highest BCUT2D eigenvalue weighted by Gasteiger charge is 2.17. The summed E-state index contributed by atoms with van der Waals surface area (Å²) in [5, 5.41) is 0. The van der Waals surface area contributed by atoms with Gasteiger partial charge in [-0.2, -0.15) is 0 Å². The monoisotopic (exact) mass is 839 g/mol. The van der Waals surface area contributed by atoms with Crippen LogP contribution in [0.3, 0.4) is 0 Å². The zero-order chi connectivity index (χ0) is 43.5. The summed E-state index contributed by atoms with van der Waals surface area (Å²) in [6, 6.07) is 0. The number of hydrogen-bond donors (Lipinski definition) is 0. The number of hydrogen-bond acceptors (Lipinski definition) is 5.